The standard InChI is InChI=1S/C25H19ClN2O6/c1-2-33-23-12-17(10-20(14-27)19-4-3-5-21(13-19)28(31)32)11-22(26)24(23)34-15-16-6-8-18(9-7-16)25(29)30/h3-13H,2,15H2,1H3,(H,29,30). The molecule has 34 heavy (non-hydrogen) atoms. The van der Waals surface area contributed by atoms with E-state index in [1.807, 2.05) is 0 Å². The smallest absolute Gasteiger partial charge is 0.335 e. The van der Waals surface area contributed by atoms with Crippen LogP contribution in [0.25, 0.3) is 11.6 Å². The van der Waals surface area contributed by atoms with Crippen molar-refractivity contribution < 1.29 is 24.3 Å². The van der Waals surface area contributed by atoms with E-state index in [2.05, 4.69) is 6.07 Å². The van der Waals surface area contributed by atoms with Crippen LogP contribution in [0.15, 0.2) is 60.7 Å². The fourth-order valence-corrected chi connectivity index (χ4v) is 3.38. The third-order valence-corrected chi connectivity index (χ3v) is 5.00. The SMILES string of the molecule is CCOc1cc(C=C(C#N)c2cccc([N+](=O)[O-])c2)cc(Cl)c1OCc1ccc(C(=O)O)cc1. The lowest BCUT2D eigenvalue weighted by Crippen LogP contribution is -2.02. The van der Waals surface area contributed by atoms with Crippen molar-refractivity contribution in [1.82, 2.24) is 0 Å². The van der Waals surface area contributed by atoms with Gasteiger partial charge in [-0.25, -0.2) is 4.79 Å². The maximum atomic E-state index is 11.1. The highest BCUT2D eigenvalue weighted by Gasteiger charge is 2.14. The molecule has 3 aromatic rings. The molecule has 0 atom stereocenters. The van der Waals surface area contributed by atoms with Crippen LogP contribution in [0.5, 0.6) is 11.5 Å². The predicted octanol–water partition coefficient (Wildman–Crippen LogP) is 5.99. The average molecular weight is 479 g/mol. The van der Waals surface area contributed by atoms with Crippen molar-refractivity contribution in [2.45, 2.75) is 13.5 Å². The number of rotatable bonds is 9. The summed E-state index contributed by atoms with van der Waals surface area (Å²) < 4.78 is 11.5. The lowest BCUT2D eigenvalue weighted by atomic mass is 10.0. The second kappa shape index (κ2) is 11.0. The van der Waals surface area contributed by atoms with E-state index in [1.165, 1.54) is 30.3 Å². The number of nitriles is 1. The van der Waals surface area contributed by atoms with Crippen LogP contribution in [0.3, 0.4) is 0 Å². The zero-order valence-corrected chi connectivity index (χ0v) is 18.8. The Morgan fingerprint density at radius 3 is 2.50 bits per heavy atom. The molecule has 0 bridgehead atoms. The van der Waals surface area contributed by atoms with Gasteiger partial charge in [0.15, 0.2) is 11.5 Å². The number of halogens is 1. The maximum absolute atomic E-state index is 11.1. The van der Waals surface area contributed by atoms with Crippen molar-refractivity contribution in [2.75, 3.05) is 6.61 Å². The van der Waals surface area contributed by atoms with E-state index >= 15 is 0 Å². The van der Waals surface area contributed by atoms with Gasteiger partial charge in [0.1, 0.15) is 6.61 Å². The summed E-state index contributed by atoms with van der Waals surface area (Å²) in [6, 6.07) is 17.4. The molecule has 0 amide bonds. The zero-order valence-electron chi connectivity index (χ0n) is 18.0. The number of hydrogen-bond donors (Lipinski definition) is 1. The second-order valence-corrected chi connectivity index (χ2v) is 7.44. The number of benzene rings is 3. The highest BCUT2D eigenvalue weighted by atomic mass is 35.5. The molecule has 9 heteroatoms. The van der Waals surface area contributed by atoms with Gasteiger partial charge in [-0.2, -0.15) is 5.26 Å². The van der Waals surface area contributed by atoms with Crippen molar-refractivity contribution >= 4 is 34.9 Å². The molecule has 0 aliphatic rings. The first-order valence-electron chi connectivity index (χ1n) is 10.1. The summed E-state index contributed by atoms with van der Waals surface area (Å²) in [6.45, 7) is 2.27. The predicted molar refractivity (Wildman–Crippen MR) is 127 cm³/mol. The van der Waals surface area contributed by atoms with Gasteiger partial charge in [-0.1, -0.05) is 35.9 Å². The molecule has 0 fully saturated rings. The molecule has 0 radical (unpaired) electrons. The molecule has 0 heterocycles. The Morgan fingerprint density at radius 1 is 1.15 bits per heavy atom. The van der Waals surface area contributed by atoms with Gasteiger partial charge in [0, 0.05) is 12.1 Å². The third-order valence-electron chi connectivity index (χ3n) is 4.72. The largest absolute Gasteiger partial charge is 0.490 e. The van der Waals surface area contributed by atoms with Crippen molar-refractivity contribution in [3.8, 4) is 17.6 Å². The van der Waals surface area contributed by atoms with Crippen molar-refractivity contribution in [3.05, 3.63) is 98.1 Å². The van der Waals surface area contributed by atoms with E-state index in [1.54, 1.807) is 43.3 Å². The molecule has 1 N–H and O–H groups in total. The number of carboxylic acids is 1. The summed E-state index contributed by atoms with van der Waals surface area (Å²) in [4.78, 5) is 21.5. The number of nitro groups is 1. The van der Waals surface area contributed by atoms with E-state index in [0.717, 1.165) is 5.56 Å². The van der Waals surface area contributed by atoms with Crippen LogP contribution < -0.4 is 9.47 Å². The Kier molecular flexibility index (Phi) is 7.85. The number of carboxylic acid groups (broad SMARTS) is 1. The highest BCUT2D eigenvalue weighted by Crippen LogP contribution is 2.38. The molecule has 3 aromatic carbocycles. The van der Waals surface area contributed by atoms with Crippen molar-refractivity contribution in [3.63, 3.8) is 0 Å². The summed E-state index contributed by atoms with van der Waals surface area (Å²) in [5, 5.41) is 29.9. The molecule has 0 aliphatic heterocycles. The molecule has 0 aromatic heterocycles. The van der Waals surface area contributed by atoms with Gasteiger partial charge in [0.2, 0.25) is 0 Å². The molecule has 0 saturated heterocycles. The minimum absolute atomic E-state index is 0.119. The summed E-state index contributed by atoms with van der Waals surface area (Å²) in [5.41, 5.74) is 1.96. The molecule has 0 unspecified atom stereocenters. The van der Waals surface area contributed by atoms with Crippen LogP contribution in [0, 0.1) is 21.4 Å². The number of hydrogen-bond acceptors (Lipinski definition) is 6. The van der Waals surface area contributed by atoms with Gasteiger partial charge in [0.05, 0.1) is 33.8 Å². The van der Waals surface area contributed by atoms with Crippen LogP contribution in [0.4, 0.5) is 5.69 Å². The number of allylic oxidation sites excluding steroid dienone is 1. The Bertz CT molecular complexity index is 1300. The Labute approximate surface area is 200 Å². The van der Waals surface area contributed by atoms with Gasteiger partial charge in [-0.3, -0.25) is 10.1 Å². The van der Waals surface area contributed by atoms with E-state index in [4.69, 9.17) is 26.2 Å². The topological polar surface area (TPSA) is 123 Å². The first-order chi connectivity index (χ1) is 16.3. The zero-order chi connectivity index (χ0) is 24.7. The Hall–Kier alpha value is -4.35. The number of nitrogens with zero attached hydrogens (tertiary/aromatic N) is 2. The molecular formula is C25H19ClN2O6. The highest BCUT2D eigenvalue weighted by molar-refractivity contribution is 6.32. The van der Waals surface area contributed by atoms with Gasteiger partial charge in [0.25, 0.3) is 5.69 Å². The summed E-state index contributed by atoms with van der Waals surface area (Å²) in [7, 11) is 0. The maximum Gasteiger partial charge on any atom is 0.335 e. The molecule has 8 nitrogen and oxygen atoms in total. The Balaban J connectivity index is 1.90. The van der Waals surface area contributed by atoms with Gasteiger partial charge in [-0.15, -0.1) is 0 Å². The first-order valence-corrected chi connectivity index (χ1v) is 10.5. The quantitative estimate of drug-likeness (QED) is 0.173. The lowest BCUT2D eigenvalue weighted by Gasteiger charge is -2.15. The van der Waals surface area contributed by atoms with E-state index < -0.39 is 10.9 Å². The number of nitro benzene ring substituents is 1. The number of ether oxygens (including phenoxy) is 2. The minimum atomic E-state index is -1.01. The van der Waals surface area contributed by atoms with Crippen molar-refractivity contribution in [2.24, 2.45) is 0 Å². The first kappa shape index (κ1) is 24.3. The molecule has 0 saturated carbocycles. The molecule has 172 valence electrons. The molecule has 0 aliphatic carbocycles. The normalized spacial score (nSPS) is 10.9. The fourth-order valence-electron chi connectivity index (χ4n) is 3.11. The Morgan fingerprint density at radius 2 is 1.88 bits per heavy atom. The number of carbonyl (C=O) groups is 1. The van der Waals surface area contributed by atoms with Gasteiger partial charge >= 0.3 is 5.97 Å². The fraction of sp³-hybridized carbons (Fsp3) is 0.120. The summed E-state index contributed by atoms with van der Waals surface area (Å²) in [5.74, 6) is -0.351. The number of aromatic carboxylic acids is 1. The monoisotopic (exact) mass is 478 g/mol. The van der Waals surface area contributed by atoms with Crippen LogP contribution in [0.2, 0.25) is 5.02 Å². The van der Waals surface area contributed by atoms with Crippen LogP contribution in [0.1, 0.15) is 34.0 Å². The average Bonchev–Trinajstić information content (AvgIpc) is 2.82. The van der Waals surface area contributed by atoms with E-state index in [9.17, 15) is 20.2 Å². The third kappa shape index (κ3) is 5.91. The summed E-state index contributed by atoms with van der Waals surface area (Å²) >= 11 is 6.46. The second-order valence-electron chi connectivity index (χ2n) is 7.03. The lowest BCUT2D eigenvalue weighted by molar-refractivity contribution is -0.384. The molecule has 0 spiro atoms. The van der Waals surface area contributed by atoms with Crippen molar-refractivity contribution in [1.29, 1.82) is 5.26 Å². The minimum Gasteiger partial charge on any atom is -0.490 e. The number of non-ortho nitro benzene ring substituents is 1. The summed E-state index contributed by atoms with van der Waals surface area (Å²) in [6.07, 6.45) is 1.56. The van der Waals surface area contributed by atoms with E-state index in [0.29, 0.717) is 29.2 Å². The van der Waals surface area contributed by atoms with Gasteiger partial charge < -0.3 is 14.6 Å². The van der Waals surface area contributed by atoms with Gasteiger partial charge in [-0.05, 0) is 54.0 Å². The van der Waals surface area contributed by atoms with Crippen LogP contribution in [-0.4, -0.2) is 22.6 Å². The van der Waals surface area contributed by atoms with E-state index in [-0.39, 0.29) is 28.5 Å². The van der Waals surface area contributed by atoms with Crippen LogP contribution >= 0.6 is 11.6 Å². The molecule has 3 rings (SSSR count). The molecular weight excluding hydrogens is 460 g/mol. The van der Waals surface area contributed by atoms with Crippen LogP contribution in [-0.2, 0) is 6.61 Å².